The highest BCUT2D eigenvalue weighted by Gasteiger charge is 2.10. The van der Waals surface area contributed by atoms with Crippen molar-refractivity contribution >= 4 is 5.84 Å². The minimum Gasteiger partial charge on any atom is -0.409 e. The van der Waals surface area contributed by atoms with E-state index in [9.17, 15) is 4.39 Å². The molecular weight excluding hydrogens is 249 g/mol. The van der Waals surface area contributed by atoms with E-state index in [2.05, 4.69) is 10.5 Å². The van der Waals surface area contributed by atoms with E-state index in [1.807, 2.05) is 6.92 Å². The molecule has 1 rings (SSSR count). The first-order valence-electron chi connectivity index (χ1n) is 6.24. The van der Waals surface area contributed by atoms with Crippen molar-refractivity contribution in [3.63, 3.8) is 0 Å². The molecule has 19 heavy (non-hydrogen) atoms. The zero-order chi connectivity index (χ0) is 14.1. The van der Waals surface area contributed by atoms with Gasteiger partial charge < -0.3 is 21.0 Å². The molecule has 0 aliphatic rings. The molecule has 1 aromatic rings. The number of amidine groups is 1. The van der Waals surface area contributed by atoms with Crippen molar-refractivity contribution in [2.75, 3.05) is 19.8 Å². The van der Waals surface area contributed by atoms with Crippen LogP contribution in [0.1, 0.15) is 24.5 Å². The summed E-state index contributed by atoms with van der Waals surface area (Å²) in [6.07, 6.45) is 0.870. The van der Waals surface area contributed by atoms with Crippen molar-refractivity contribution in [1.29, 1.82) is 0 Å². The molecule has 0 fully saturated rings. The smallest absolute Gasteiger partial charge is 0.173 e. The third-order valence-corrected chi connectivity index (χ3v) is 2.62. The summed E-state index contributed by atoms with van der Waals surface area (Å²) in [5, 5.41) is 14.5. The second-order valence-electron chi connectivity index (χ2n) is 3.99. The van der Waals surface area contributed by atoms with Crippen LogP contribution in [0.4, 0.5) is 4.39 Å². The highest BCUT2D eigenvalue weighted by atomic mass is 19.1. The van der Waals surface area contributed by atoms with Gasteiger partial charge in [-0.2, -0.15) is 0 Å². The van der Waals surface area contributed by atoms with Crippen molar-refractivity contribution in [3.05, 3.63) is 35.1 Å². The van der Waals surface area contributed by atoms with E-state index in [0.717, 1.165) is 13.0 Å². The summed E-state index contributed by atoms with van der Waals surface area (Å²) in [6.45, 7) is 4.48. The summed E-state index contributed by atoms with van der Waals surface area (Å²) in [6, 6.07) is 4.82. The summed E-state index contributed by atoms with van der Waals surface area (Å²) in [5.41, 5.74) is 5.99. The van der Waals surface area contributed by atoms with E-state index < -0.39 is 5.82 Å². The van der Waals surface area contributed by atoms with Crippen LogP contribution in [0.5, 0.6) is 0 Å². The van der Waals surface area contributed by atoms with Crippen LogP contribution in [0, 0.1) is 5.82 Å². The van der Waals surface area contributed by atoms with Crippen LogP contribution >= 0.6 is 0 Å². The maximum absolute atomic E-state index is 14.0. The first-order valence-corrected chi connectivity index (χ1v) is 6.24. The highest BCUT2D eigenvalue weighted by Crippen LogP contribution is 2.12. The Morgan fingerprint density at radius 3 is 3.00 bits per heavy atom. The van der Waals surface area contributed by atoms with E-state index in [-0.39, 0.29) is 11.4 Å². The number of nitrogens with zero attached hydrogens (tertiary/aromatic N) is 1. The standard InChI is InChI=1S/C13H20FN3O2/c1-2-19-8-4-7-16-9-10-5-3-6-11(12(10)14)13(15)17-18/h3,5-6,16,18H,2,4,7-9H2,1H3,(H2,15,17). The molecule has 0 aliphatic carbocycles. The van der Waals surface area contributed by atoms with Crippen molar-refractivity contribution < 1.29 is 14.3 Å². The van der Waals surface area contributed by atoms with Gasteiger partial charge in [0.05, 0.1) is 5.56 Å². The predicted octanol–water partition coefficient (Wildman–Crippen LogP) is 1.44. The number of ether oxygens (including phenoxy) is 1. The van der Waals surface area contributed by atoms with E-state index in [0.29, 0.717) is 25.3 Å². The number of hydrogen-bond donors (Lipinski definition) is 3. The van der Waals surface area contributed by atoms with Gasteiger partial charge in [-0.3, -0.25) is 0 Å². The fourth-order valence-corrected chi connectivity index (χ4v) is 1.63. The second-order valence-corrected chi connectivity index (χ2v) is 3.99. The molecule has 4 N–H and O–H groups in total. The van der Waals surface area contributed by atoms with Crippen LogP contribution in [0.2, 0.25) is 0 Å². The van der Waals surface area contributed by atoms with E-state index in [4.69, 9.17) is 15.7 Å². The third-order valence-electron chi connectivity index (χ3n) is 2.62. The molecule has 0 aliphatic heterocycles. The Kier molecular flexibility index (Phi) is 6.84. The number of oxime groups is 1. The summed E-state index contributed by atoms with van der Waals surface area (Å²) in [4.78, 5) is 0. The van der Waals surface area contributed by atoms with Gasteiger partial charge in [-0.1, -0.05) is 17.3 Å². The molecule has 106 valence electrons. The van der Waals surface area contributed by atoms with Crippen LogP contribution in [0.15, 0.2) is 23.4 Å². The first kappa shape index (κ1) is 15.4. The Morgan fingerprint density at radius 1 is 1.53 bits per heavy atom. The van der Waals surface area contributed by atoms with Gasteiger partial charge >= 0.3 is 0 Å². The molecule has 0 saturated heterocycles. The molecule has 5 nitrogen and oxygen atoms in total. The Balaban J connectivity index is 2.50. The molecule has 0 saturated carbocycles. The first-order chi connectivity index (χ1) is 9.20. The number of hydrogen-bond acceptors (Lipinski definition) is 4. The molecule has 0 heterocycles. The molecule has 0 radical (unpaired) electrons. The van der Waals surface area contributed by atoms with E-state index in [1.165, 1.54) is 6.07 Å². The summed E-state index contributed by atoms with van der Waals surface area (Å²) < 4.78 is 19.2. The molecule has 0 bridgehead atoms. The second kappa shape index (κ2) is 8.44. The zero-order valence-corrected chi connectivity index (χ0v) is 11.0. The average Bonchev–Trinajstić information content (AvgIpc) is 2.43. The normalized spacial score (nSPS) is 11.8. The maximum Gasteiger partial charge on any atom is 0.173 e. The number of rotatable bonds is 8. The van der Waals surface area contributed by atoms with Crippen LogP contribution in [-0.2, 0) is 11.3 Å². The lowest BCUT2D eigenvalue weighted by Gasteiger charge is -2.08. The fraction of sp³-hybridized carbons (Fsp3) is 0.462. The number of halogens is 1. The molecule has 1 aromatic carbocycles. The molecule has 0 unspecified atom stereocenters. The van der Waals surface area contributed by atoms with Gasteiger partial charge in [0, 0.05) is 25.3 Å². The molecule has 0 amide bonds. The molecule has 6 heteroatoms. The van der Waals surface area contributed by atoms with Gasteiger partial charge in [0.2, 0.25) is 0 Å². The molecule has 0 spiro atoms. The van der Waals surface area contributed by atoms with Gasteiger partial charge in [0.25, 0.3) is 0 Å². The highest BCUT2D eigenvalue weighted by molar-refractivity contribution is 5.97. The van der Waals surface area contributed by atoms with Crippen molar-refractivity contribution in [2.24, 2.45) is 10.9 Å². The van der Waals surface area contributed by atoms with Gasteiger partial charge in [-0.15, -0.1) is 0 Å². The third kappa shape index (κ3) is 4.84. The van der Waals surface area contributed by atoms with Crippen molar-refractivity contribution in [3.8, 4) is 0 Å². The van der Waals surface area contributed by atoms with Crippen molar-refractivity contribution in [1.82, 2.24) is 5.32 Å². The van der Waals surface area contributed by atoms with E-state index in [1.54, 1.807) is 12.1 Å². The molecule has 0 atom stereocenters. The number of nitrogens with one attached hydrogen (secondary N) is 1. The Morgan fingerprint density at radius 2 is 2.32 bits per heavy atom. The van der Waals surface area contributed by atoms with Crippen molar-refractivity contribution in [2.45, 2.75) is 19.9 Å². The quantitative estimate of drug-likeness (QED) is 0.219. The Hall–Kier alpha value is -1.66. The van der Waals surface area contributed by atoms with Crippen LogP contribution in [-0.4, -0.2) is 30.8 Å². The lowest BCUT2D eigenvalue weighted by atomic mass is 10.1. The lowest BCUT2D eigenvalue weighted by molar-refractivity contribution is 0.144. The largest absolute Gasteiger partial charge is 0.409 e. The zero-order valence-electron chi connectivity index (χ0n) is 11.0. The maximum atomic E-state index is 14.0. The molecule has 0 aromatic heterocycles. The summed E-state index contributed by atoms with van der Waals surface area (Å²) in [5.74, 6) is -0.689. The predicted molar refractivity (Wildman–Crippen MR) is 71.7 cm³/mol. The van der Waals surface area contributed by atoms with Crippen LogP contribution < -0.4 is 11.1 Å². The summed E-state index contributed by atoms with van der Waals surface area (Å²) in [7, 11) is 0. The van der Waals surface area contributed by atoms with Crippen LogP contribution in [0.25, 0.3) is 0 Å². The lowest BCUT2D eigenvalue weighted by Crippen LogP contribution is -2.20. The SMILES string of the molecule is CCOCCCNCc1cccc(/C(N)=N/O)c1F. The minimum atomic E-state index is -0.463. The van der Waals surface area contributed by atoms with Gasteiger partial charge in [0.1, 0.15) is 5.82 Å². The minimum absolute atomic E-state index is 0.108. The number of nitrogens with two attached hydrogens (primary N) is 1. The monoisotopic (exact) mass is 269 g/mol. The van der Waals surface area contributed by atoms with Crippen LogP contribution in [0.3, 0.4) is 0 Å². The molecular formula is C13H20FN3O2. The Labute approximate surface area is 112 Å². The van der Waals surface area contributed by atoms with Gasteiger partial charge in [-0.05, 0) is 26.0 Å². The van der Waals surface area contributed by atoms with Gasteiger partial charge in [0.15, 0.2) is 5.84 Å². The average molecular weight is 269 g/mol. The van der Waals surface area contributed by atoms with Gasteiger partial charge in [-0.25, -0.2) is 4.39 Å². The topological polar surface area (TPSA) is 79.9 Å². The summed E-state index contributed by atoms with van der Waals surface area (Å²) >= 11 is 0. The number of benzene rings is 1. The van der Waals surface area contributed by atoms with E-state index >= 15 is 0 Å². The fourth-order valence-electron chi connectivity index (χ4n) is 1.63. The Bertz CT molecular complexity index is 424.